The fraction of sp³-hybridized carbons (Fsp3) is 0.643. The molecular weight excluding hydrogens is 290 g/mol. The third-order valence-corrected chi connectivity index (χ3v) is 2.73. The highest BCUT2D eigenvalue weighted by atomic mass is 16.6. The van der Waals surface area contributed by atoms with Gasteiger partial charge in [0.2, 0.25) is 0 Å². The molecule has 0 saturated heterocycles. The standard InChI is InChI=1S/C14H23N3O5/c1-7(2)6-8-10(18)9(11(19)15-8)12(20)16-17-13(21)22-14(3,4)5/h7-8,18H,6H2,1-5H3,(H,15,19)(H,16,20)(H,17,21). The van der Waals surface area contributed by atoms with Crippen LogP contribution in [0, 0.1) is 5.92 Å². The predicted octanol–water partition coefficient (Wildman–Crippen LogP) is 0.899. The molecule has 0 aliphatic carbocycles. The Balaban J connectivity index is 2.66. The number of carbonyl (C=O) groups excluding carboxylic acids is 3. The minimum atomic E-state index is -0.896. The highest BCUT2D eigenvalue weighted by Crippen LogP contribution is 2.20. The number of nitrogens with one attached hydrogen (secondary N) is 3. The van der Waals surface area contributed by atoms with Gasteiger partial charge in [-0.15, -0.1) is 0 Å². The Morgan fingerprint density at radius 3 is 2.41 bits per heavy atom. The van der Waals surface area contributed by atoms with Crippen molar-refractivity contribution in [1.82, 2.24) is 16.2 Å². The molecule has 1 aliphatic rings. The summed E-state index contributed by atoms with van der Waals surface area (Å²) in [5.41, 5.74) is 2.95. The van der Waals surface area contributed by atoms with Gasteiger partial charge in [-0.1, -0.05) is 13.8 Å². The summed E-state index contributed by atoms with van der Waals surface area (Å²) in [6.45, 7) is 8.88. The van der Waals surface area contributed by atoms with E-state index in [9.17, 15) is 19.5 Å². The van der Waals surface area contributed by atoms with Crippen molar-refractivity contribution in [2.45, 2.75) is 52.7 Å². The van der Waals surface area contributed by atoms with E-state index in [-0.39, 0.29) is 11.7 Å². The van der Waals surface area contributed by atoms with E-state index < -0.39 is 35.1 Å². The second kappa shape index (κ2) is 6.67. The summed E-state index contributed by atoms with van der Waals surface area (Å²) >= 11 is 0. The second-order valence-electron chi connectivity index (χ2n) is 6.50. The molecule has 8 heteroatoms. The summed E-state index contributed by atoms with van der Waals surface area (Å²) in [5.74, 6) is -1.66. The number of carbonyl (C=O) groups is 3. The maximum Gasteiger partial charge on any atom is 0.426 e. The highest BCUT2D eigenvalue weighted by Gasteiger charge is 2.36. The van der Waals surface area contributed by atoms with E-state index in [0.29, 0.717) is 6.42 Å². The van der Waals surface area contributed by atoms with E-state index in [1.165, 1.54) is 0 Å². The number of aliphatic hydroxyl groups is 1. The quantitative estimate of drug-likeness (QED) is 0.456. The van der Waals surface area contributed by atoms with Crippen LogP contribution >= 0.6 is 0 Å². The van der Waals surface area contributed by atoms with Crippen LogP contribution in [0.4, 0.5) is 4.79 Å². The largest absolute Gasteiger partial charge is 0.509 e. The monoisotopic (exact) mass is 313 g/mol. The normalized spacial score (nSPS) is 18.3. The first-order chi connectivity index (χ1) is 10.0. The molecule has 0 aromatic rings. The molecule has 1 heterocycles. The fourth-order valence-electron chi connectivity index (χ4n) is 1.92. The van der Waals surface area contributed by atoms with E-state index in [1.54, 1.807) is 20.8 Å². The first-order valence-electron chi connectivity index (χ1n) is 7.04. The van der Waals surface area contributed by atoms with Gasteiger partial charge in [-0.05, 0) is 33.1 Å². The summed E-state index contributed by atoms with van der Waals surface area (Å²) in [6.07, 6.45) is -0.355. The molecule has 0 radical (unpaired) electrons. The fourth-order valence-corrected chi connectivity index (χ4v) is 1.92. The van der Waals surface area contributed by atoms with Crippen LogP contribution < -0.4 is 16.2 Å². The highest BCUT2D eigenvalue weighted by molar-refractivity contribution is 6.20. The van der Waals surface area contributed by atoms with Gasteiger partial charge >= 0.3 is 6.09 Å². The van der Waals surface area contributed by atoms with Crippen LogP contribution in [0.3, 0.4) is 0 Å². The van der Waals surface area contributed by atoms with Crippen molar-refractivity contribution in [1.29, 1.82) is 0 Å². The van der Waals surface area contributed by atoms with Gasteiger partial charge in [0, 0.05) is 0 Å². The second-order valence-corrected chi connectivity index (χ2v) is 6.50. The molecule has 4 N–H and O–H groups in total. The zero-order valence-corrected chi connectivity index (χ0v) is 13.4. The molecule has 1 unspecified atom stereocenters. The summed E-state index contributed by atoms with van der Waals surface area (Å²) in [6, 6.07) is -0.588. The van der Waals surface area contributed by atoms with Crippen molar-refractivity contribution in [3.8, 4) is 0 Å². The maximum absolute atomic E-state index is 11.9. The van der Waals surface area contributed by atoms with Crippen molar-refractivity contribution in [2.75, 3.05) is 0 Å². The van der Waals surface area contributed by atoms with Gasteiger partial charge in [0.05, 0.1) is 6.04 Å². The molecule has 1 atom stereocenters. The molecule has 0 aromatic heterocycles. The zero-order chi connectivity index (χ0) is 17.1. The Hall–Kier alpha value is -2.25. The van der Waals surface area contributed by atoms with Gasteiger partial charge in [-0.25, -0.2) is 10.2 Å². The van der Waals surface area contributed by atoms with Crippen molar-refractivity contribution in [3.05, 3.63) is 11.3 Å². The van der Waals surface area contributed by atoms with Gasteiger partial charge in [-0.2, -0.15) is 0 Å². The van der Waals surface area contributed by atoms with E-state index in [0.717, 1.165) is 0 Å². The number of rotatable bonds is 3. The maximum atomic E-state index is 11.9. The zero-order valence-electron chi connectivity index (χ0n) is 13.4. The van der Waals surface area contributed by atoms with E-state index in [4.69, 9.17) is 4.74 Å². The van der Waals surface area contributed by atoms with E-state index in [2.05, 4.69) is 5.32 Å². The van der Waals surface area contributed by atoms with Gasteiger partial charge in [0.1, 0.15) is 16.9 Å². The average Bonchev–Trinajstić information content (AvgIpc) is 2.58. The van der Waals surface area contributed by atoms with Crippen LogP contribution in [0.1, 0.15) is 41.0 Å². The summed E-state index contributed by atoms with van der Waals surface area (Å²) < 4.78 is 4.93. The summed E-state index contributed by atoms with van der Waals surface area (Å²) in [4.78, 5) is 35.1. The van der Waals surface area contributed by atoms with Crippen LogP contribution in [-0.2, 0) is 14.3 Å². The lowest BCUT2D eigenvalue weighted by Crippen LogP contribution is -2.45. The molecule has 8 nitrogen and oxygen atoms in total. The van der Waals surface area contributed by atoms with Crippen LogP contribution in [0.5, 0.6) is 0 Å². The van der Waals surface area contributed by atoms with Gasteiger partial charge < -0.3 is 15.2 Å². The van der Waals surface area contributed by atoms with E-state index >= 15 is 0 Å². The molecule has 1 aliphatic heterocycles. The van der Waals surface area contributed by atoms with Crippen LogP contribution in [0.25, 0.3) is 0 Å². The van der Waals surface area contributed by atoms with Crippen molar-refractivity contribution >= 4 is 17.9 Å². The molecule has 124 valence electrons. The SMILES string of the molecule is CC(C)CC1NC(=O)C(C(=O)NNC(=O)OC(C)(C)C)=C1O. The lowest BCUT2D eigenvalue weighted by molar-refractivity contribution is -0.123. The molecule has 0 aromatic carbocycles. The Bertz CT molecular complexity index is 505. The van der Waals surface area contributed by atoms with Crippen molar-refractivity contribution in [3.63, 3.8) is 0 Å². The first kappa shape index (κ1) is 17.8. The molecule has 0 spiro atoms. The molecule has 22 heavy (non-hydrogen) atoms. The summed E-state index contributed by atoms with van der Waals surface area (Å²) in [7, 11) is 0. The minimum Gasteiger partial charge on any atom is -0.509 e. The number of amides is 3. The number of hydrogen-bond acceptors (Lipinski definition) is 5. The lowest BCUT2D eigenvalue weighted by Gasteiger charge is -2.19. The smallest absolute Gasteiger partial charge is 0.426 e. The topological polar surface area (TPSA) is 117 Å². The Morgan fingerprint density at radius 2 is 1.91 bits per heavy atom. The van der Waals surface area contributed by atoms with Gasteiger partial charge in [-0.3, -0.25) is 15.0 Å². The Labute approximate surface area is 129 Å². The van der Waals surface area contributed by atoms with Crippen LogP contribution in [0.2, 0.25) is 0 Å². The Morgan fingerprint density at radius 1 is 1.32 bits per heavy atom. The van der Waals surface area contributed by atoms with Gasteiger partial charge in [0.25, 0.3) is 11.8 Å². The third-order valence-electron chi connectivity index (χ3n) is 2.73. The number of hydrazine groups is 1. The average molecular weight is 313 g/mol. The molecule has 3 amide bonds. The van der Waals surface area contributed by atoms with E-state index in [1.807, 2.05) is 24.7 Å². The molecule has 0 fully saturated rings. The van der Waals surface area contributed by atoms with Crippen molar-refractivity contribution in [2.24, 2.45) is 5.92 Å². The van der Waals surface area contributed by atoms with Crippen LogP contribution in [-0.4, -0.2) is 34.7 Å². The lowest BCUT2D eigenvalue weighted by atomic mass is 10.0. The molecule has 0 saturated carbocycles. The Kier molecular flexibility index (Phi) is 5.40. The van der Waals surface area contributed by atoms with Gasteiger partial charge in [0.15, 0.2) is 0 Å². The summed E-state index contributed by atoms with van der Waals surface area (Å²) in [5, 5.41) is 12.5. The molecule has 1 rings (SSSR count). The molecular formula is C14H23N3O5. The number of ether oxygens (including phenoxy) is 1. The van der Waals surface area contributed by atoms with Crippen molar-refractivity contribution < 1.29 is 24.2 Å². The number of hydrogen-bond donors (Lipinski definition) is 4. The predicted molar refractivity (Wildman–Crippen MR) is 78.6 cm³/mol. The minimum absolute atomic E-state index is 0.231. The van der Waals surface area contributed by atoms with Crippen LogP contribution in [0.15, 0.2) is 11.3 Å². The number of aliphatic hydroxyl groups excluding tert-OH is 1. The first-order valence-corrected chi connectivity index (χ1v) is 7.04. The third kappa shape index (κ3) is 4.94. The molecule has 0 bridgehead atoms.